The van der Waals surface area contributed by atoms with Crippen molar-refractivity contribution in [3.63, 3.8) is 0 Å². The Morgan fingerprint density at radius 3 is 2.31 bits per heavy atom. The minimum absolute atomic E-state index is 0.000596. The van der Waals surface area contributed by atoms with Crippen LogP contribution in [0.25, 0.3) is 0 Å². The minimum atomic E-state index is -0.853. The molecule has 2 heterocycles. The molecule has 9 nitrogen and oxygen atoms in total. The zero-order chi connectivity index (χ0) is 27.5. The van der Waals surface area contributed by atoms with Gasteiger partial charge in [-0.2, -0.15) is 0 Å². The third kappa shape index (κ3) is 6.71. The van der Waals surface area contributed by atoms with Gasteiger partial charge in [-0.3, -0.25) is 14.4 Å². The molecule has 1 aliphatic carbocycles. The molecule has 1 saturated carbocycles. The summed E-state index contributed by atoms with van der Waals surface area (Å²) in [5, 5.41) is 0. The van der Waals surface area contributed by atoms with Gasteiger partial charge in [0, 0.05) is 27.2 Å². The van der Waals surface area contributed by atoms with Crippen LogP contribution in [0.15, 0.2) is 36.4 Å². The molecule has 4 atom stereocenters. The second-order valence-electron chi connectivity index (χ2n) is 10.3. The number of ether oxygens (including phenoxy) is 6. The highest BCUT2D eigenvalue weighted by atomic mass is 16.6. The molecule has 1 saturated heterocycles. The van der Waals surface area contributed by atoms with Gasteiger partial charge in [-0.25, -0.2) is 0 Å². The molecule has 0 N–H and O–H groups in total. The van der Waals surface area contributed by atoms with Gasteiger partial charge in [-0.05, 0) is 59.6 Å². The molecule has 2 aromatic rings. The van der Waals surface area contributed by atoms with Crippen LogP contribution in [0.1, 0.15) is 74.3 Å². The van der Waals surface area contributed by atoms with Crippen molar-refractivity contribution in [1.82, 2.24) is 0 Å². The van der Waals surface area contributed by atoms with E-state index < -0.39 is 42.3 Å². The van der Waals surface area contributed by atoms with Crippen LogP contribution in [0.3, 0.4) is 0 Å². The molecular formula is C30H34O9. The van der Waals surface area contributed by atoms with Crippen LogP contribution in [-0.2, 0) is 39.8 Å². The van der Waals surface area contributed by atoms with Crippen molar-refractivity contribution in [2.24, 2.45) is 0 Å². The molecule has 0 amide bonds. The highest BCUT2D eigenvalue weighted by Crippen LogP contribution is 2.44. The molecule has 208 valence electrons. The van der Waals surface area contributed by atoms with E-state index in [0.29, 0.717) is 25.6 Å². The van der Waals surface area contributed by atoms with Gasteiger partial charge in [0.1, 0.15) is 32.0 Å². The van der Waals surface area contributed by atoms with Crippen LogP contribution in [0.4, 0.5) is 0 Å². The van der Waals surface area contributed by atoms with Crippen LogP contribution in [-0.4, -0.2) is 56.0 Å². The van der Waals surface area contributed by atoms with E-state index in [2.05, 4.69) is 12.1 Å². The maximum atomic E-state index is 12.1. The van der Waals surface area contributed by atoms with E-state index in [9.17, 15) is 14.4 Å². The maximum absolute atomic E-state index is 12.1. The standard InChI is InChI=1S/C30H34O9/c1-17(31)36-16-24-15-28(37-18(2)32)30(38-19(3)33)29(39-24)22-7-8-25(21-5-6-21)23(14-22)12-20-4-9-26-27(13-20)35-11-10-34-26/h4,7-9,13-14,21,24,28-30H,5-6,10-12,15-16H2,1-3H3/t24-,28-,29-,30+/m0/s1. The highest BCUT2D eigenvalue weighted by molar-refractivity contribution is 5.67. The summed E-state index contributed by atoms with van der Waals surface area (Å²) in [5.74, 6) is 0.565. The third-order valence-electron chi connectivity index (χ3n) is 7.10. The van der Waals surface area contributed by atoms with Crippen molar-refractivity contribution >= 4 is 17.9 Å². The topological polar surface area (TPSA) is 107 Å². The van der Waals surface area contributed by atoms with Crippen LogP contribution >= 0.6 is 0 Å². The average Bonchev–Trinajstić information content (AvgIpc) is 3.73. The summed E-state index contributed by atoms with van der Waals surface area (Å²) >= 11 is 0. The van der Waals surface area contributed by atoms with Crippen LogP contribution < -0.4 is 9.47 Å². The van der Waals surface area contributed by atoms with Gasteiger partial charge in [0.2, 0.25) is 0 Å². The lowest BCUT2D eigenvalue weighted by Crippen LogP contribution is -2.49. The Kier molecular flexibility index (Phi) is 8.07. The SMILES string of the molecule is CC(=O)OC[C@@H]1C[C@H](OC(C)=O)[C@@H](OC(C)=O)[C@H](c2ccc(C3CC3)c(Cc3ccc4c(c3)OCCO4)c2)O1. The van der Waals surface area contributed by atoms with Crippen molar-refractivity contribution in [3.8, 4) is 11.5 Å². The fraction of sp³-hybridized carbons (Fsp3) is 0.500. The molecule has 39 heavy (non-hydrogen) atoms. The van der Waals surface area contributed by atoms with E-state index >= 15 is 0 Å². The molecule has 2 fully saturated rings. The van der Waals surface area contributed by atoms with E-state index in [1.165, 1.54) is 26.3 Å². The number of carbonyl (C=O) groups is 3. The largest absolute Gasteiger partial charge is 0.486 e. The fourth-order valence-corrected chi connectivity index (χ4v) is 5.34. The third-order valence-corrected chi connectivity index (χ3v) is 7.10. The van der Waals surface area contributed by atoms with E-state index in [-0.39, 0.29) is 13.0 Å². The smallest absolute Gasteiger partial charge is 0.303 e. The Labute approximate surface area is 227 Å². The second kappa shape index (κ2) is 11.7. The number of hydrogen-bond acceptors (Lipinski definition) is 9. The number of hydrogen-bond donors (Lipinski definition) is 0. The Balaban J connectivity index is 1.48. The molecule has 0 radical (unpaired) electrons. The van der Waals surface area contributed by atoms with Crippen molar-refractivity contribution in [2.45, 2.75) is 76.8 Å². The van der Waals surface area contributed by atoms with Gasteiger partial charge in [-0.1, -0.05) is 24.3 Å². The van der Waals surface area contributed by atoms with Gasteiger partial charge in [0.05, 0.1) is 6.10 Å². The summed E-state index contributed by atoms with van der Waals surface area (Å²) in [5.41, 5.74) is 4.30. The van der Waals surface area contributed by atoms with Gasteiger partial charge < -0.3 is 28.4 Å². The summed E-state index contributed by atoms with van der Waals surface area (Å²) in [6, 6.07) is 12.2. The fourth-order valence-electron chi connectivity index (χ4n) is 5.34. The van der Waals surface area contributed by atoms with Gasteiger partial charge in [0.25, 0.3) is 0 Å². The summed E-state index contributed by atoms with van der Waals surface area (Å²) in [6.07, 6.45) is 0.310. The van der Waals surface area contributed by atoms with Crippen LogP contribution in [0.2, 0.25) is 0 Å². The molecule has 2 aliphatic heterocycles. The molecule has 0 spiro atoms. The number of benzene rings is 2. The van der Waals surface area contributed by atoms with Gasteiger partial charge >= 0.3 is 17.9 Å². The van der Waals surface area contributed by atoms with Crippen molar-refractivity contribution < 1.29 is 42.8 Å². The maximum Gasteiger partial charge on any atom is 0.303 e. The Morgan fingerprint density at radius 2 is 1.62 bits per heavy atom. The monoisotopic (exact) mass is 538 g/mol. The normalized spacial score (nSPS) is 24.0. The van der Waals surface area contributed by atoms with Crippen LogP contribution in [0.5, 0.6) is 11.5 Å². The van der Waals surface area contributed by atoms with Crippen LogP contribution in [0, 0.1) is 0 Å². The van der Waals surface area contributed by atoms with E-state index in [0.717, 1.165) is 41.0 Å². The number of rotatable bonds is 8. The number of esters is 3. The van der Waals surface area contributed by atoms with Crippen molar-refractivity contribution in [3.05, 3.63) is 58.7 Å². The van der Waals surface area contributed by atoms with Gasteiger partial charge in [0.15, 0.2) is 17.6 Å². The summed E-state index contributed by atoms with van der Waals surface area (Å²) < 4.78 is 34.3. The quantitative estimate of drug-likeness (QED) is 0.361. The first-order chi connectivity index (χ1) is 18.8. The lowest BCUT2D eigenvalue weighted by Gasteiger charge is -2.40. The number of carbonyl (C=O) groups excluding carboxylic acids is 3. The molecule has 0 unspecified atom stereocenters. The lowest BCUT2D eigenvalue weighted by molar-refractivity contribution is -0.214. The van der Waals surface area contributed by atoms with E-state index in [4.69, 9.17) is 28.4 Å². The summed E-state index contributed by atoms with van der Waals surface area (Å²) in [6.45, 7) is 5.02. The first-order valence-corrected chi connectivity index (χ1v) is 13.4. The Hall–Kier alpha value is -3.59. The average molecular weight is 539 g/mol. The molecule has 0 bridgehead atoms. The predicted molar refractivity (Wildman–Crippen MR) is 139 cm³/mol. The zero-order valence-electron chi connectivity index (χ0n) is 22.5. The first-order valence-electron chi connectivity index (χ1n) is 13.4. The van der Waals surface area contributed by atoms with E-state index in [1.54, 1.807) is 0 Å². The first kappa shape index (κ1) is 27.0. The molecule has 2 aromatic carbocycles. The van der Waals surface area contributed by atoms with Crippen molar-refractivity contribution in [1.29, 1.82) is 0 Å². The zero-order valence-corrected chi connectivity index (χ0v) is 22.5. The van der Waals surface area contributed by atoms with Crippen molar-refractivity contribution in [2.75, 3.05) is 19.8 Å². The molecule has 9 heteroatoms. The predicted octanol–water partition coefficient (Wildman–Crippen LogP) is 4.18. The molecule has 5 rings (SSSR count). The molecule has 3 aliphatic rings. The summed E-state index contributed by atoms with van der Waals surface area (Å²) in [7, 11) is 0. The second-order valence-corrected chi connectivity index (χ2v) is 10.3. The lowest BCUT2D eigenvalue weighted by atomic mass is 9.88. The van der Waals surface area contributed by atoms with Gasteiger partial charge in [-0.15, -0.1) is 0 Å². The number of fused-ring (bicyclic) bond motifs is 1. The molecule has 0 aromatic heterocycles. The van der Waals surface area contributed by atoms with E-state index in [1.807, 2.05) is 24.3 Å². The Bertz CT molecular complexity index is 1230. The minimum Gasteiger partial charge on any atom is -0.486 e. The molecular weight excluding hydrogens is 504 g/mol. The highest BCUT2D eigenvalue weighted by Gasteiger charge is 2.44. The Morgan fingerprint density at radius 1 is 0.872 bits per heavy atom. The summed E-state index contributed by atoms with van der Waals surface area (Å²) in [4.78, 5) is 35.5.